The first kappa shape index (κ1) is 20.1. The minimum Gasteiger partial charge on any atom is -0.486 e. The molecule has 3 rings (SSSR count). The number of furan rings is 1. The van der Waals surface area contributed by atoms with E-state index in [1.165, 1.54) is 30.3 Å². The zero-order chi connectivity index (χ0) is 20.6. The lowest BCUT2D eigenvalue weighted by Crippen LogP contribution is -2.24. The average molecular weight is 396 g/mol. The van der Waals surface area contributed by atoms with Crippen molar-refractivity contribution in [3.63, 3.8) is 0 Å². The summed E-state index contributed by atoms with van der Waals surface area (Å²) in [7, 11) is 0. The number of amides is 2. The van der Waals surface area contributed by atoms with Crippen molar-refractivity contribution in [2.24, 2.45) is 0 Å². The van der Waals surface area contributed by atoms with Crippen LogP contribution in [0.25, 0.3) is 0 Å². The Labute approximate surface area is 167 Å². The van der Waals surface area contributed by atoms with Gasteiger partial charge in [-0.3, -0.25) is 9.59 Å². The highest BCUT2D eigenvalue weighted by molar-refractivity contribution is 6.03. The molecule has 2 amide bonds. The van der Waals surface area contributed by atoms with Crippen LogP contribution in [0.4, 0.5) is 10.1 Å². The Morgan fingerprint density at radius 1 is 1.03 bits per heavy atom. The number of hydrogen-bond acceptors (Lipinski definition) is 4. The van der Waals surface area contributed by atoms with Gasteiger partial charge in [-0.1, -0.05) is 13.0 Å². The first-order chi connectivity index (χ1) is 14.0. The van der Waals surface area contributed by atoms with Crippen LogP contribution in [0.3, 0.4) is 0 Å². The van der Waals surface area contributed by atoms with E-state index >= 15 is 0 Å². The predicted octanol–water partition coefficient (Wildman–Crippen LogP) is 4.39. The van der Waals surface area contributed by atoms with Crippen molar-refractivity contribution in [3.05, 3.63) is 83.6 Å². The highest BCUT2D eigenvalue weighted by Crippen LogP contribution is 2.17. The molecule has 150 valence electrons. The minimum atomic E-state index is -0.441. The van der Waals surface area contributed by atoms with Crippen molar-refractivity contribution < 1.29 is 23.1 Å². The van der Waals surface area contributed by atoms with Crippen molar-refractivity contribution in [1.82, 2.24) is 5.32 Å². The second-order valence-corrected chi connectivity index (χ2v) is 6.30. The van der Waals surface area contributed by atoms with Crippen LogP contribution in [0.1, 0.15) is 40.0 Å². The molecule has 7 heteroatoms. The number of ether oxygens (including phenoxy) is 1. The first-order valence-corrected chi connectivity index (χ1v) is 9.22. The Morgan fingerprint density at radius 2 is 1.83 bits per heavy atom. The zero-order valence-electron chi connectivity index (χ0n) is 15.9. The third kappa shape index (κ3) is 5.68. The van der Waals surface area contributed by atoms with E-state index < -0.39 is 5.91 Å². The second kappa shape index (κ2) is 9.54. The van der Waals surface area contributed by atoms with Gasteiger partial charge >= 0.3 is 0 Å². The van der Waals surface area contributed by atoms with Gasteiger partial charge in [0.2, 0.25) is 0 Å². The fourth-order valence-corrected chi connectivity index (χ4v) is 2.53. The number of rotatable bonds is 8. The van der Waals surface area contributed by atoms with Crippen molar-refractivity contribution >= 4 is 17.5 Å². The normalized spacial score (nSPS) is 10.4. The summed E-state index contributed by atoms with van der Waals surface area (Å²) in [6.45, 7) is 2.66. The van der Waals surface area contributed by atoms with Crippen molar-refractivity contribution in [2.75, 3.05) is 11.9 Å². The molecule has 0 saturated carbocycles. The summed E-state index contributed by atoms with van der Waals surface area (Å²) in [6.07, 6.45) is 0.841. The Hall–Kier alpha value is -3.61. The van der Waals surface area contributed by atoms with Gasteiger partial charge in [0.05, 0.1) is 0 Å². The van der Waals surface area contributed by atoms with Gasteiger partial charge in [-0.05, 0) is 61.0 Å². The molecule has 0 bridgehead atoms. The van der Waals surface area contributed by atoms with E-state index in [9.17, 15) is 14.0 Å². The van der Waals surface area contributed by atoms with Gasteiger partial charge in [0.25, 0.3) is 11.8 Å². The number of halogens is 1. The summed E-state index contributed by atoms with van der Waals surface area (Å²) in [6, 6.07) is 15.5. The maximum Gasteiger partial charge on any atom is 0.291 e. The van der Waals surface area contributed by atoms with Crippen LogP contribution in [0.2, 0.25) is 0 Å². The molecule has 1 aromatic heterocycles. The Bertz CT molecular complexity index is 982. The highest BCUT2D eigenvalue weighted by Gasteiger charge is 2.13. The molecular weight excluding hydrogens is 375 g/mol. The first-order valence-electron chi connectivity index (χ1n) is 9.22. The van der Waals surface area contributed by atoms with E-state index in [4.69, 9.17) is 9.15 Å². The molecule has 6 nitrogen and oxygen atoms in total. The van der Waals surface area contributed by atoms with Crippen LogP contribution < -0.4 is 15.4 Å². The predicted molar refractivity (Wildman–Crippen MR) is 106 cm³/mol. The largest absolute Gasteiger partial charge is 0.486 e. The second-order valence-electron chi connectivity index (χ2n) is 6.30. The van der Waals surface area contributed by atoms with E-state index in [2.05, 4.69) is 10.6 Å². The van der Waals surface area contributed by atoms with Crippen LogP contribution >= 0.6 is 0 Å². The van der Waals surface area contributed by atoms with Crippen LogP contribution in [0.5, 0.6) is 5.75 Å². The van der Waals surface area contributed by atoms with Crippen molar-refractivity contribution in [1.29, 1.82) is 0 Å². The quantitative estimate of drug-likeness (QED) is 0.592. The molecular formula is C22H21FN2O4. The molecule has 0 atom stereocenters. The lowest BCUT2D eigenvalue weighted by Gasteiger charge is -2.07. The summed E-state index contributed by atoms with van der Waals surface area (Å²) < 4.78 is 23.9. The Morgan fingerprint density at radius 3 is 2.59 bits per heavy atom. The van der Waals surface area contributed by atoms with Gasteiger partial charge in [-0.2, -0.15) is 0 Å². The lowest BCUT2D eigenvalue weighted by atomic mass is 10.2. The van der Waals surface area contributed by atoms with Crippen LogP contribution in [-0.2, 0) is 6.61 Å². The molecule has 29 heavy (non-hydrogen) atoms. The Balaban J connectivity index is 1.58. The van der Waals surface area contributed by atoms with E-state index in [0.717, 1.165) is 6.42 Å². The molecule has 0 unspecified atom stereocenters. The number of carbonyl (C=O) groups is 2. The lowest BCUT2D eigenvalue weighted by molar-refractivity contribution is 0.0951. The Kier molecular flexibility index (Phi) is 6.63. The van der Waals surface area contributed by atoms with Gasteiger partial charge in [-0.15, -0.1) is 0 Å². The van der Waals surface area contributed by atoms with E-state index in [0.29, 0.717) is 29.3 Å². The molecule has 0 aliphatic rings. The summed E-state index contributed by atoms with van der Waals surface area (Å²) in [5.41, 5.74) is 0.948. The SMILES string of the molecule is CCCNC(=O)c1cccc(NC(=O)c2ccc(COc3ccc(F)cc3)o2)c1. The molecule has 1 heterocycles. The molecule has 0 aliphatic carbocycles. The summed E-state index contributed by atoms with van der Waals surface area (Å²) >= 11 is 0. The molecule has 0 spiro atoms. The van der Waals surface area contributed by atoms with Crippen LogP contribution in [0, 0.1) is 5.82 Å². The van der Waals surface area contributed by atoms with Crippen LogP contribution in [-0.4, -0.2) is 18.4 Å². The van der Waals surface area contributed by atoms with Crippen LogP contribution in [0.15, 0.2) is 65.1 Å². The number of anilines is 1. The average Bonchev–Trinajstić information content (AvgIpc) is 3.21. The fourth-order valence-electron chi connectivity index (χ4n) is 2.53. The summed E-state index contributed by atoms with van der Waals surface area (Å²) in [5.74, 6) is 0.0780. The molecule has 2 N–H and O–H groups in total. The molecule has 0 fully saturated rings. The van der Waals surface area contributed by atoms with E-state index in [1.807, 2.05) is 6.92 Å². The number of carbonyl (C=O) groups excluding carboxylic acids is 2. The molecule has 0 radical (unpaired) electrons. The third-order valence-corrected chi connectivity index (χ3v) is 4.00. The summed E-state index contributed by atoms with van der Waals surface area (Å²) in [5, 5.41) is 5.50. The maximum atomic E-state index is 12.9. The monoisotopic (exact) mass is 396 g/mol. The standard InChI is InChI=1S/C22H21FN2O4/c1-2-12-24-21(26)15-4-3-5-17(13-15)25-22(27)20-11-10-19(29-20)14-28-18-8-6-16(23)7-9-18/h3-11,13H,2,12,14H2,1H3,(H,24,26)(H,25,27). The van der Waals surface area contributed by atoms with E-state index in [1.54, 1.807) is 30.3 Å². The fraction of sp³-hybridized carbons (Fsp3) is 0.182. The van der Waals surface area contributed by atoms with Gasteiger partial charge < -0.3 is 19.8 Å². The molecule has 0 saturated heterocycles. The smallest absolute Gasteiger partial charge is 0.291 e. The van der Waals surface area contributed by atoms with Crippen molar-refractivity contribution in [3.8, 4) is 5.75 Å². The third-order valence-electron chi connectivity index (χ3n) is 4.00. The number of hydrogen-bond donors (Lipinski definition) is 2. The van der Waals surface area contributed by atoms with E-state index in [-0.39, 0.29) is 24.1 Å². The number of benzene rings is 2. The molecule has 3 aromatic rings. The maximum absolute atomic E-state index is 12.9. The van der Waals surface area contributed by atoms with Crippen molar-refractivity contribution in [2.45, 2.75) is 20.0 Å². The molecule has 0 aliphatic heterocycles. The minimum absolute atomic E-state index is 0.103. The van der Waals surface area contributed by atoms with Gasteiger partial charge in [0.1, 0.15) is 23.9 Å². The highest BCUT2D eigenvalue weighted by atomic mass is 19.1. The van der Waals surface area contributed by atoms with Gasteiger partial charge in [0.15, 0.2) is 5.76 Å². The summed E-state index contributed by atoms with van der Waals surface area (Å²) in [4.78, 5) is 24.4. The molecule has 2 aromatic carbocycles. The van der Waals surface area contributed by atoms with Gasteiger partial charge in [-0.25, -0.2) is 4.39 Å². The van der Waals surface area contributed by atoms with Gasteiger partial charge in [0, 0.05) is 17.8 Å². The number of nitrogens with one attached hydrogen (secondary N) is 2. The zero-order valence-corrected chi connectivity index (χ0v) is 15.9. The topological polar surface area (TPSA) is 80.6 Å².